The number of amides is 1. The van der Waals surface area contributed by atoms with Crippen LogP contribution in [0.3, 0.4) is 0 Å². The second kappa shape index (κ2) is 7.46. The number of hydrogen-bond acceptors (Lipinski definition) is 4. The van der Waals surface area contributed by atoms with Crippen LogP contribution in [-0.2, 0) is 21.2 Å². The Bertz CT molecular complexity index is 1160. The summed E-state index contributed by atoms with van der Waals surface area (Å²) in [5.41, 5.74) is 2.51. The summed E-state index contributed by atoms with van der Waals surface area (Å²) >= 11 is 5.90. The molecular weight excluding hydrogens is 410 g/mol. The molecule has 2 aromatic heterocycles. The first-order valence-electron chi connectivity index (χ1n) is 9.56. The van der Waals surface area contributed by atoms with Crippen LogP contribution in [0.5, 0.6) is 0 Å². The Labute approximate surface area is 174 Å². The van der Waals surface area contributed by atoms with Crippen molar-refractivity contribution in [1.29, 1.82) is 0 Å². The fraction of sp³-hybridized carbons (Fsp3) is 0.333. The number of pyridine rings is 1. The van der Waals surface area contributed by atoms with Crippen molar-refractivity contribution in [3.63, 3.8) is 0 Å². The first-order valence-corrected chi connectivity index (χ1v) is 11.4. The van der Waals surface area contributed by atoms with Gasteiger partial charge < -0.3 is 9.72 Å². The summed E-state index contributed by atoms with van der Waals surface area (Å²) in [6.45, 7) is 2.15. The maximum absolute atomic E-state index is 13.4. The number of nitrogens with zero attached hydrogens (tertiary/aromatic N) is 2. The van der Waals surface area contributed by atoms with E-state index in [4.69, 9.17) is 11.6 Å². The van der Waals surface area contributed by atoms with Crippen LogP contribution in [0.4, 0.5) is 0 Å². The topological polar surface area (TPSA) is 80.5 Å². The van der Waals surface area contributed by atoms with Gasteiger partial charge in [0.2, 0.25) is 5.91 Å². The fourth-order valence-electron chi connectivity index (χ4n) is 4.02. The molecule has 6 nitrogen and oxygen atoms in total. The summed E-state index contributed by atoms with van der Waals surface area (Å²) in [5.74, 6) is -0.460. The Morgan fingerprint density at radius 3 is 2.52 bits per heavy atom. The van der Waals surface area contributed by atoms with Crippen molar-refractivity contribution >= 4 is 33.0 Å². The first kappa shape index (κ1) is 19.9. The molecule has 0 unspecified atom stereocenters. The quantitative estimate of drug-likeness (QED) is 0.667. The number of imidazole rings is 1. The van der Waals surface area contributed by atoms with Crippen LogP contribution in [0.2, 0.25) is 5.02 Å². The van der Waals surface area contributed by atoms with Crippen molar-refractivity contribution in [2.45, 2.75) is 48.8 Å². The second-order valence-corrected chi connectivity index (χ2v) is 10.2. The molecule has 1 amide bonds. The molecule has 29 heavy (non-hydrogen) atoms. The van der Waals surface area contributed by atoms with E-state index in [-0.39, 0.29) is 11.4 Å². The van der Waals surface area contributed by atoms with Crippen LogP contribution in [0.25, 0.3) is 5.65 Å². The molecule has 1 fully saturated rings. The van der Waals surface area contributed by atoms with E-state index in [9.17, 15) is 13.2 Å². The molecule has 0 atom stereocenters. The van der Waals surface area contributed by atoms with E-state index in [0.29, 0.717) is 36.4 Å². The van der Waals surface area contributed by atoms with Gasteiger partial charge in [0.1, 0.15) is 5.65 Å². The van der Waals surface area contributed by atoms with Crippen molar-refractivity contribution in [2.75, 3.05) is 0 Å². The molecule has 2 heterocycles. The van der Waals surface area contributed by atoms with Gasteiger partial charge in [0.15, 0.2) is 14.6 Å². The standard InChI is InChI=1S/C21H22ClN3O3S/c1-15-5-4-6-19-24-17(14-25(15)19)13-23-20(26)21(11-2-3-12-21)29(27,28)18-9-7-16(22)8-10-18/h4-10,14H,2-3,11-13H2,1H3,(H,23,26). The van der Waals surface area contributed by atoms with E-state index >= 15 is 0 Å². The lowest BCUT2D eigenvalue weighted by Gasteiger charge is -2.27. The van der Waals surface area contributed by atoms with Crippen molar-refractivity contribution in [3.8, 4) is 0 Å². The molecule has 0 saturated heterocycles. The third-order valence-electron chi connectivity index (χ3n) is 5.64. The third kappa shape index (κ3) is 3.42. The van der Waals surface area contributed by atoms with E-state index in [2.05, 4.69) is 10.3 Å². The summed E-state index contributed by atoms with van der Waals surface area (Å²) in [7, 11) is -3.85. The molecule has 152 valence electrons. The van der Waals surface area contributed by atoms with E-state index < -0.39 is 20.5 Å². The number of hydrogen-bond donors (Lipinski definition) is 1. The van der Waals surface area contributed by atoms with Crippen LogP contribution < -0.4 is 5.32 Å². The zero-order valence-electron chi connectivity index (χ0n) is 16.1. The smallest absolute Gasteiger partial charge is 0.242 e. The number of nitrogens with one attached hydrogen (secondary N) is 1. The number of fused-ring (bicyclic) bond motifs is 1. The highest BCUT2D eigenvalue weighted by molar-refractivity contribution is 7.93. The van der Waals surface area contributed by atoms with Gasteiger partial charge in [0.25, 0.3) is 0 Å². The Hall–Kier alpha value is -2.38. The third-order valence-corrected chi connectivity index (χ3v) is 8.41. The Morgan fingerprint density at radius 2 is 1.86 bits per heavy atom. The summed E-state index contributed by atoms with van der Waals surface area (Å²) in [6.07, 6.45) is 3.89. The van der Waals surface area contributed by atoms with E-state index in [0.717, 1.165) is 11.3 Å². The number of sulfone groups is 1. The van der Waals surface area contributed by atoms with Gasteiger partial charge in [-0.1, -0.05) is 30.5 Å². The second-order valence-electron chi connectivity index (χ2n) is 7.47. The normalized spacial score (nSPS) is 16.2. The van der Waals surface area contributed by atoms with E-state index in [1.54, 1.807) is 0 Å². The van der Waals surface area contributed by atoms with Gasteiger partial charge >= 0.3 is 0 Å². The van der Waals surface area contributed by atoms with Crippen molar-refractivity contribution < 1.29 is 13.2 Å². The predicted octanol–water partition coefficient (Wildman–Crippen LogP) is 3.70. The number of carbonyl (C=O) groups excluding carboxylic acids is 1. The van der Waals surface area contributed by atoms with Gasteiger partial charge in [-0.3, -0.25) is 4.79 Å². The molecule has 3 aromatic rings. The lowest BCUT2D eigenvalue weighted by Crippen LogP contribution is -2.50. The molecular formula is C21H22ClN3O3S. The molecule has 1 aliphatic carbocycles. The van der Waals surface area contributed by atoms with Crippen LogP contribution in [-0.4, -0.2) is 28.5 Å². The van der Waals surface area contributed by atoms with Gasteiger partial charge in [-0.2, -0.15) is 0 Å². The summed E-state index contributed by atoms with van der Waals surface area (Å²) < 4.78 is 27.3. The minimum atomic E-state index is -3.85. The molecule has 8 heteroatoms. The lowest BCUT2D eigenvalue weighted by molar-refractivity contribution is -0.123. The summed E-state index contributed by atoms with van der Waals surface area (Å²) in [4.78, 5) is 17.8. The van der Waals surface area contributed by atoms with Crippen molar-refractivity contribution in [3.05, 3.63) is 65.1 Å². The van der Waals surface area contributed by atoms with Crippen LogP contribution in [0.15, 0.2) is 53.6 Å². The molecule has 0 aliphatic heterocycles. The molecule has 1 aliphatic rings. The van der Waals surface area contributed by atoms with Crippen molar-refractivity contribution in [2.24, 2.45) is 0 Å². The monoisotopic (exact) mass is 431 g/mol. The number of aryl methyl sites for hydroxylation is 1. The highest BCUT2D eigenvalue weighted by atomic mass is 35.5. The Morgan fingerprint density at radius 1 is 1.17 bits per heavy atom. The zero-order chi connectivity index (χ0) is 20.6. The molecule has 0 bridgehead atoms. The predicted molar refractivity (Wildman–Crippen MR) is 112 cm³/mol. The average Bonchev–Trinajstić information content (AvgIpc) is 3.35. The molecule has 0 spiro atoms. The van der Waals surface area contributed by atoms with Crippen LogP contribution in [0.1, 0.15) is 37.1 Å². The maximum Gasteiger partial charge on any atom is 0.242 e. The van der Waals surface area contributed by atoms with Gasteiger partial charge in [-0.15, -0.1) is 0 Å². The van der Waals surface area contributed by atoms with E-state index in [1.807, 2.05) is 35.7 Å². The molecule has 4 rings (SSSR count). The molecule has 0 radical (unpaired) electrons. The van der Waals surface area contributed by atoms with Crippen molar-refractivity contribution in [1.82, 2.24) is 14.7 Å². The van der Waals surface area contributed by atoms with Crippen LogP contribution in [0, 0.1) is 6.92 Å². The zero-order valence-corrected chi connectivity index (χ0v) is 17.6. The largest absolute Gasteiger partial charge is 0.349 e. The van der Waals surface area contributed by atoms with Gasteiger partial charge in [-0.05, 0) is 56.2 Å². The highest BCUT2D eigenvalue weighted by Gasteiger charge is 2.52. The minimum absolute atomic E-state index is 0.127. The Kier molecular flexibility index (Phi) is 5.12. The number of carbonyl (C=O) groups is 1. The maximum atomic E-state index is 13.4. The molecule has 1 N–H and O–H groups in total. The lowest BCUT2D eigenvalue weighted by atomic mass is 10.1. The first-order chi connectivity index (χ1) is 13.8. The fourth-order valence-corrected chi connectivity index (χ4v) is 6.23. The van der Waals surface area contributed by atoms with Gasteiger partial charge in [-0.25, -0.2) is 13.4 Å². The summed E-state index contributed by atoms with van der Waals surface area (Å²) in [5, 5.41) is 3.28. The molecule has 1 aromatic carbocycles. The number of rotatable bonds is 5. The number of benzene rings is 1. The number of halogens is 1. The van der Waals surface area contributed by atoms with Crippen LogP contribution >= 0.6 is 11.6 Å². The number of aromatic nitrogens is 2. The highest BCUT2D eigenvalue weighted by Crippen LogP contribution is 2.41. The van der Waals surface area contributed by atoms with E-state index in [1.165, 1.54) is 24.3 Å². The minimum Gasteiger partial charge on any atom is -0.349 e. The van der Waals surface area contributed by atoms with Gasteiger partial charge in [0, 0.05) is 16.9 Å². The van der Waals surface area contributed by atoms with Gasteiger partial charge in [0.05, 0.1) is 17.1 Å². The average molecular weight is 432 g/mol. The molecule has 1 saturated carbocycles. The SMILES string of the molecule is Cc1cccc2nc(CNC(=O)C3(S(=O)(=O)c4ccc(Cl)cc4)CCCC3)cn12. The summed E-state index contributed by atoms with van der Waals surface area (Å²) in [6, 6.07) is 11.8. The Balaban J connectivity index is 1.60.